The number of hydrogen-bond acceptors (Lipinski definition) is 7. The van der Waals surface area contributed by atoms with Gasteiger partial charge in [-0.1, -0.05) is 0 Å². The average molecular weight is 250 g/mol. The van der Waals surface area contributed by atoms with Crippen LogP contribution < -0.4 is 15.4 Å². The summed E-state index contributed by atoms with van der Waals surface area (Å²) in [4.78, 5) is 13.8. The van der Waals surface area contributed by atoms with E-state index >= 15 is 0 Å². The van der Waals surface area contributed by atoms with Crippen molar-refractivity contribution in [3.05, 3.63) is 0 Å². The molecule has 98 valence electrons. The molecule has 0 spiro atoms. The molecule has 1 aromatic heterocycles. The molecule has 0 saturated heterocycles. The van der Waals surface area contributed by atoms with Crippen LogP contribution in [0.2, 0.25) is 0 Å². The normalized spacial score (nSPS) is 12.0. The summed E-state index contributed by atoms with van der Waals surface area (Å²) in [5, 5.41) is 8.78. The summed E-state index contributed by atoms with van der Waals surface area (Å²) in [7, 11) is 1.79. The van der Waals surface area contributed by atoms with Gasteiger partial charge in [0, 0.05) is 13.6 Å². The SMILES string of the molecule is CC(C#N)CN(C)c1nc(N)nc(OC(C)C)n1. The van der Waals surface area contributed by atoms with E-state index in [1.54, 1.807) is 11.9 Å². The van der Waals surface area contributed by atoms with E-state index in [-0.39, 0.29) is 24.0 Å². The summed E-state index contributed by atoms with van der Waals surface area (Å²) < 4.78 is 5.38. The first kappa shape index (κ1) is 14.0. The van der Waals surface area contributed by atoms with Crippen molar-refractivity contribution in [2.45, 2.75) is 26.9 Å². The van der Waals surface area contributed by atoms with Crippen LogP contribution in [-0.4, -0.2) is 34.6 Å². The van der Waals surface area contributed by atoms with Crippen molar-refractivity contribution >= 4 is 11.9 Å². The monoisotopic (exact) mass is 250 g/mol. The van der Waals surface area contributed by atoms with Crippen molar-refractivity contribution in [3.8, 4) is 12.1 Å². The first-order chi connectivity index (χ1) is 8.42. The summed E-state index contributed by atoms with van der Waals surface area (Å²) in [6.45, 7) is 6.09. The molecule has 1 heterocycles. The fraction of sp³-hybridized carbons (Fsp3) is 0.636. The summed E-state index contributed by atoms with van der Waals surface area (Å²) in [5.74, 6) is 0.384. The predicted octanol–water partition coefficient (Wildman–Crippen LogP) is 0.837. The van der Waals surface area contributed by atoms with Gasteiger partial charge in [0.2, 0.25) is 11.9 Å². The molecule has 0 amide bonds. The molecule has 0 radical (unpaired) electrons. The van der Waals surface area contributed by atoms with Gasteiger partial charge >= 0.3 is 6.01 Å². The molecule has 7 heteroatoms. The molecule has 18 heavy (non-hydrogen) atoms. The molecule has 7 nitrogen and oxygen atoms in total. The lowest BCUT2D eigenvalue weighted by Gasteiger charge is -2.18. The topological polar surface area (TPSA) is 101 Å². The van der Waals surface area contributed by atoms with E-state index < -0.39 is 0 Å². The molecule has 0 aromatic carbocycles. The van der Waals surface area contributed by atoms with Crippen molar-refractivity contribution in [2.24, 2.45) is 5.92 Å². The minimum Gasteiger partial charge on any atom is -0.461 e. The van der Waals surface area contributed by atoms with Gasteiger partial charge in [-0.15, -0.1) is 0 Å². The van der Waals surface area contributed by atoms with Crippen LogP contribution in [0.1, 0.15) is 20.8 Å². The van der Waals surface area contributed by atoms with Gasteiger partial charge in [-0.05, 0) is 20.8 Å². The molecular formula is C11H18N6O. The first-order valence-electron chi connectivity index (χ1n) is 5.71. The van der Waals surface area contributed by atoms with Gasteiger partial charge in [0.05, 0.1) is 18.1 Å². The van der Waals surface area contributed by atoms with E-state index in [0.717, 1.165) is 0 Å². The predicted molar refractivity (Wildman–Crippen MR) is 68.1 cm³/mol. The molecule has 0 aliphatic heterocycles. The zero-order valence-electron chi connectivity index (χ0n) is 11.1. The molecule has 0 bridgehead atoms. The molecule has 0 aliphatic rings. The lowest BCUT2D eigenvalue weighted by atomic mass is 10.2. The Morgan fingerprint density at radius 3 is 2.56 bits per heavy atom. The fourth-order valence-electron chi connectivity index (χ4n) is 1.33. The van der Waals surface area contributed by atoms with Crippen LogP contribution in [0.25, 0.3) is 0 Å². The summed E-state index contributed by atoms with van der Waals surface area (Å²) in [6.07, 6.45) is -0.0389. The molecule has 0 fully saturated rings. The van der Waals surface area contributed by atoms with Gasteiger partial charge in [0.15, 0.2) is 0 Å². The highest BCUT2D eigenvalue weighted by Gasteiger charge is 2.13. The van der Waals surface area contributed by atoms with E-state index in [9.17, 15) is 0 Å². The Morgan fingerprint density at radius 1 is 1.33 bits per heavy atom. The third-order valence-electron chi connectivity index (χ3n) is 2.07. The van der Waals surface area contributed by atoms with Crippen LogP contribution in [0.15, 0.2) is 0 Å². The first-order valence-corrected chi connectivity index (χ1v) is 5.71. The zero-order valence-corrected chi connectivity index (χ0v) is 11.1. The number of nitrogen functional groups attached to an aromatic ring is 1. The van der Waals surface area contributed by atoms with Gasteiger partial charge in [0.25, 0.3) is 0 Å². The Morgan fingerprint density at radius 2 is 2.00 bits per heavy atom. The number of nitrogens with zero attached hydrogens (tertiary/aromatic N) is 5. The number of rotatable bonds is 5. The Balaban J connectivity index is 2.88. The van der Waals surface area contributed by atoms with Gasteiger partial charge in [-0.3, -0.25) is 0 Å². The number of ether oxygens (including phenoxy) is 1. The molecular weight excluding hydrogens is 232 g/mol. The van der Waals surface area contributed by atoms with Crippen LogP contribution in [0.4, 0.5) is 11.9 Å². The maximum absolute atomic E-state index is 8.78. The van der Waals surface area contributed by atoms with Crippen molar-refractivity contribution in [2.75, 3.05) is 24.2 Å². The Hall–Kier alpha value is -2.10. The van der Waals surface area contributed by atoms with Crippen LogP contribution >= 0.6 is 0 Å². The smallest absolute Gasteiger partial charge is 0.323 e. The van der Waals surface area contributed by atoms with Crippen molar-refractivity contribution in [1.82, 2.24) is 15.0 Å². The zero-order chi connectivity index (χ0) is 13.7. The molecule has 1 aromatic rings. The number of nitrogens with two attached hydrogens (primary N) is 1. The van der Waals surface area contributed by atoms with Gasteiger partial charge < -0.3 is 15.4 Å². The largest absolute Gasteiger partial charge is 0.461 e. The van der Waals surface area contributed by atoms with Crippen LogP contribution in [0, 0.1) is 17.2 Å². The maximum Gasteiger partial charge on any atom is 0.323 e. The lowest BCUT2D eigenvalue weighted by Crippen LogP contribution is -2.26. The fourth-order valence-corrected chi connectivity index (χ4v) is 1.33. The maximum atomic E-state index is 8.78. The summed E-state index contributed by atoms with van der Waals surface area (Å²) >= 11 is 0. The Labute approximate surface area is 107 Å². The molecule has 1 atom stereocenters. The Kier molecular flexibility index (Phi) is 4.66. The van der Waals surface area contributed by atoms with E-state index in [0.29, 0.717) is 12.5 Å². The standard InChI is InChI=1S/C11H18N6O/c1-7(2)18-11-15-9(13)14-10(16-11)17(4)6-8(3)5-12/h7-8H,6H2,1-4H3,(H2,13,14,15,16). The second-order valence-corrected chi connectivity index (χ2v) is 4.35. The van der Waals surface area contributed by atoms with Crippen molar-refractivity contribution < 1.29 is 4.74 Å². The highest BCUT2D eigenvalue weighted by Crippen LogP contribution is 2.14. The van der Waals surface area contributed by atoms with Crippen LogP contribution in [0.5, 0.6) is 6.01 Å². The number of aromatic nitrogens is 3. The average Bonchev–Trinajstić information content (AvgIpc) is 2.26. The third kappa shape index (κ3) is 4.05. The number of anilines is 2. The Bertz CT molecular complexity index is 442. The molecule has 0 aliphatic carbocycles. The quantitative estimate of drug-likeness (QED) is 0.826. The number of hydrogen-bond donors (Lipinski definition) is 1. The summed E-state index contributed by atoms with van der Waals surface area (Å²) in [6, 6.07) is 2.35. The van der Waals surface area contributed by atoms with Crippen LogP contribution in [0.3, 0.4) is 0 Å². The molecule has 0 saturated carbocycles. The molecule has 1 unspecified atom stereocenters. The lowest BCUT2D eigenvalue weighted by molar-refractivity contribution is 0.222. The molecule has 1 rings (SSSR count). The van der Waals surface area contributed by atoms with Gasteiger partial charge in [-0.2, -0.15) is 20.2 Å². The van der Waals surface area contributed by atoms with E-state index in [4.69, 9.17) is 15.7 Å². The second-order valence-electron chi connectivity index (χ2n) is 4.35. The highest BCUT2D eigenvalue weighted by molar-refractivity contribution is 5.35. The van der Waals surface area contributed by atoms with Crippen LogP contribution in [-0.2, 0) is 0 Å². The second kappa shape index (κ2) is 6.00. The molecule has 2 N–H and O–H groups in total. The van der Waals surface area contributed by atoms with Gasteiger partial charge in [-0.25, -0.2) is 0 Å². The van der Waals surface area contributed by atoms with Crippen molar-refractivity contribution in [3.63, 3.8) is 0 Å². The van der Waals surface area contributed by atoms with Crippen molar-refractivity contribution in [1.29, 1.82) is 5.26 Å². The van der Waals surface area contributed by atoms with Gasteiger partial charge in [0.1, 0.15) is 0 Å². The van der Waals surface area contributed by atoms with E-state index in [2.05, 4.69) is 21.0 Å². The minimum atomic E-state index is -0.123. The minimum absolute atomic E-state index is 0.0389. The number of nitriles is 1. The summed E-state index contributed by atoms with van der Waals surface area (Å²) in [5.41, 5.74) is 5.60. The van der Waals surface area contributed by atoms with E-state index in [1.165, 1.54) is 0 Å². The highest BCUT2D eigenvalue weighted by atomic mass is 16.5. The van der Waals surface area contributed by atoms with E-state index in [1.807, 2.05) is 20.8 Å². The third-order valence-corrected chi connectivity index (χ3v) is 2.07.